The number of rotatable bonds is 6. The van der Waals surface area contributed by atoms with E-state index < -0.39 is 0 Å². The van der Waals surface area contributed by atoms with Crippen molar-refractivity contribution in [2.24, 2.45) is 17.3 Å². The number of nitrogens with one attached hydrogen (secondary N) is 1. The van der Waals surface area contributed by atoms with E-state index in [-0.39, 0.29) is 0 Å². The van der Waals surface area contributed by atoms with Crippen LogP contribution in [0, 0.1) is 17.3 Å². The van der Waals surface area contributed by atoms with Gasteiger partial charge in [-0.25, -0.2) is 0 Å². The normalized spacial score (nSPS) is 15.0. The molecule has 0 aromatic rings. The van der Waals surface area contributed by atoms with Crippen molar-refractivity contribution in [1.29, 1.82) is 0 Å². The van der Waals surface area contributed by atoms with Gasteiger partial charge in [-0.1, -0.05) is 48.5 Å². The van der Waals surface area contributed by atoms with Crippen molar-refractivity contribution in [1.82, 2.24) is 5.32 Å². The molecule has 1 unspecified atom stereocenters. The summed E-state index contributed by atoms with van der Waals surface area (Å²) in [6, 6.07) is 0.687. The Bertz CT molecular complexity index is 153. The average Bonchev–Trinajstić information content (AvgIpc) is 2.00. The lowest BCUT2D eigenvalue weighted by molar-refractivity contribution is 0.293. The molecular formula is C14H31N. The second-order valence-corrected chi connectivity index (χ2v) is 6.76. The van der Waals surface area contributed by atoms with Crippen LogP contribution >= 0.6 is 0 Å². The van der Waals surface area contributed by atoms with E-state index in [1.165, 1.54) is 12.8 Å². The van der Waals surface area contributed by atoms with Crippen molar-refractivity contribution in [3.8, 4) is 0 Å². The van der Waals surface area contributed by atoms with Gasteiger partial charge < -0.3 is 5.32 Å². The lowest BCUT2D eigenvalue weighted by atomic mass is 9.92. The minimum atomic E-state index is 0.394. The second kappa shape index (κ2) is 6.52. The van der Waals surface area contributed by atoms with E-state index >= 15 is 0 Å². The highest BCUT2D eigenvalue weighted by atomic mass is 14.9. The van der Waals surface area contributed by atoms with Gasteiger partial charge in [0.15, 0.2) is 0 Å². The molecule has 0 bridgehead atoms. The quantitative estimate of drug-likeness (QED) is 0.701. The fourth-order valence-corrected chi connectivity index (χ4v) is 1.62. The Morgan fingerprint density at radius 1 is 0.933 bits per heavy atom. The Morgan fingerprint density at radius 2 is 1.47 bits per heavy atom. The van der Waals surface area contributed by atoms with Crippen molar-refractivity contribution < 1.29 is 0 Å². The first kappa shape index (κ1) is 15.0. The van der Waals surface area contributed by atoms with Crippen LogP contribution in [0.4, 0.5) is 0 Å². The molecule has 1 heteroatoms. The molecule has 0 spiro atoms. The van der Waals surface area contributed by atoms with Crippen LogP contribution in [0.25, 0.3) is 0 Å². The van der Waals surface area contributed by atoms with Crippen LogP contribution in [0.3, 0.4) is 0 Å². The SMILES string of the molecule is CC(C)CCC(NCC(C)(C)C)C(C)C. The molecule has 1 nitrogen and oxygen atoms in total. The molecule has 0 aliphatic carbocycles. The lowest BCUT2D eigenvalue weighted by Gasteiger charge is -2.28. The van der Waals surface area contributed by atoms with Crippen LogP contribution in [0.2, 0.25) is 0 Å². The Labute approximate surface area is 97.0 Å². The van der Waals surface area contributed by atoms with Gasteiger partial charge in [0.05, 0.1) is 0 Å². The summed E-state index contributed by atoms with van der Waals surface area (Å²) in [7, 11) is 0. The molecule has 0 rings (SSSR count). The smallest absolute Gasteiger partial charge is 0.00903 e. The minimum Gasteiger partial charge on any atom is -0.313 e. The largest absolute Gasteiger partial charge is 0.313 e. The van der Waals surface area contributed by atoms with Gasteiger partial charge >= 0.3 is 0 Å². The summed E-state index contributed by atoms with van der Waals surface area (Å²) in [4.78, 5) is 0. The lowest BCUT2D eigenvalue weighted by Crippen LogP contribution is -2.39. The summed E-state index contributed by atoms with van der Waals surface area (Å²) in [5.41, 5.74) is 0.394. The maximum atomic E-state index is 3.71. The van der Waals surface area contributed by atoms with E-state index in [0.29, 0.717) is 11.5 Å². The Morgan fingerprint density at radius 3 is 1.80 bits per heavy atom. The summed E-state index contributed by atoms with van der Waals surface area (Å²) in [6.45, 7) is 17.2. The first-order valence-corrected chi connectivity index (χ1v) is 6.46. The van der Waals surface area contributed by atoms with Gasteiger partial charge in [-0.05, 0) is 30.1 Å². The summed E-state index contributed by atoms with van der Waals surface area (Å²) in [5.74, 6) is 1.56. The first-order valence-electron chi connectivity index (χ1n) is 6.46. The summed E-state index contributed by atoms with van der Waals surface area (Å²) in [6.07, 6.45) is 2.64. The van der Waals surface area contributed by atoms with E-state index in [1.807, 2.05) is 0 Å². The topological polar surface area (TPSA) is 12.0 Å². The van der Waals surface area contributed by atoms with Gasteiger partial charge in [0.2, 0.25) is 0 Å². The van der Waals surface area contributed by atoms with Crippen LogP contribution in [-0.2, 0) is 0 Å². The number of hydrogen-bond acceptors (Lipinski definition) is 1. The zero-order valence-corrected chi connectivity index (χ0v) is 11.9. The van der Waals surface area contributed by atoms with Crippen molar-refractivity contribution >= 4 is 0 Å². The molecule has 15 heavy (non-hydrogen) atoms. The molecule has 1 atom stereocenters. The molecule has 0 saturated heterocycles. The average molecular weight is 213 g/mol. The van der Waals surface area contributed by atoms with E-state index in [0.717, 1.165) is 18.4 Å². The van der Waals surface area contributed by atoms with E-state index in [2.05, 4.69) is 53.8 Å². The molecule has 92 valence electrons. The third-order valence-electron chi connectivity index (χ3n) is 2.75. The Hall–Kier alpha value is -0.0400. The van der Waals surface area contributed by atoms with Crippen LogP contribution in [0.1, 0.15) is 61.3 Å². The van der Waals surface area contributed by atoms with E-state index in [9.17, 15) is 0 Å². The van der Waals surface area contributed by atoms with Crippen molar-refractivity contribution in [2.45, 2.75) is 67.3 Å². The van der Waals surface area contributed by atoms with Crippen LogP contribution in [0.5, 0.6) is 0 Å². The van der Waals surface area contributed by atoms with Crippen LogP contribution < -0.4 is 5.32 Å². The fraction of sp³-hybridized carbons (Fsp3) is 1.00. The summed E-state index contributed by atoms with van der Waals surface area (Å²) >= 11 is 0. The molecule has 0 aliphatic rings. The molecule has 0 aromatic carbocycles. The molecule has 0 fully saturated rings. The molecular weight excluding hydrogens is 182 g/mol. The highest BCUT2D eigenvalue weighted by Gasteiger charge is 2.17. The monoisotopic (exact) mass is 213 g/mol. The van der Waals surface area contributed by atoms with Gasteiger partial charge in [0.25, 0.3) is 0 Å². The molecule has 1 N–H and O–H groups in total. The number of hydrogen-bond donors (Lipinski definition) is 1. The zero-order valence-electron chi connectivity index (χ0n) is 11.9. The molecule has 0 amide bonds. The maximum Gasteiger partial charge on any atom is 0.00903 e. The Kier molecular flexibility index (Phi) is 6.51. The predicted molar refractivity (Wildman–Crippen MR) is 70.2 cm³/mol. The van der Waals surface area contributed by atoms with Crippen LogP contribution in [0.15, 0.2) is 0 Å². The van der Waals surface area contributed by atoms with Gasteiger partial charge in [-0.3, -0.25) is 0 Å². The molecule has 0 aromatic heterocycles. The van der Waals surface area contributed by atoms with Crippen LogP contribution in [-0.4, -0.2) is 12.6 Å². The van der Waals surface area contributed by atoms with Gasteiger partial charge in [0, 0.05) is 12.6 Å². The highest BCUT2D eigenvalue weighted by Crippen LogP contribution is 2.16. The molecule has 0 radical (unpaired) electrons. The minimum absolute atomic E-state index is 0.394. The molecule has 0 saturated carbocycles. The van der Waals surface area contributed by atoms with Crippen molar-refractivity contribution in [3.63, 3.8) is 0 Å². The van der Waals surface area contributed by atoms with E-state index in [4.69, 9.17) is 0 Å². The highest BCUT2D eigenvalue weighted by molar-refractivity contribution is 4.75. The summed E-state index contributed by atoms with van der Waals surface area (Å²) in [5, 5.41) is 3.71. The van der Waals surface area contributed by atoms with Gasteiger partial charge in [0.1, 0.15) is 0 Å². The Balaban J connectivity index is 3.95. The third-order valence-corrected chi connectivity index (χ3v) is 2.75. The second-order valence-electron chi connectivity index (χ2n) is 6.76. The molecule has 0 aliphatic heterocycles. The standard InChI is InChI=1S/C14H31N/c1-11(2)8-9-13(12(3)4)15-10-14(5,6)7/h11-13,15H,8-10H2,1-7H3. The van der Waals surface area contributed by atoms with Crippen molar-refractivity contribution in [2.75, 3.05) is 6.54 Å². The predicted octanol–water partition coefficient (Wildman–Crippen LogP) is 4.08. The fourth-order valence-electron chi connectivity index (χ4n) is 1.62. The third kappa shape index (κ3) is 8.92. The van der Waals surface area contributed by atoms with Gasteiger partial charge in [-0.2, -0.15) is 0 Å². The maximum absolute atomic E-state index is 3.71. The zero-order chi connectivity index (χ0) is 12.1. The van der Waals surface area contributed by atoms with Crippen molar-refractivity contribution in [3.05, 3.63) is 0 Å². The van der Waals surface area contributed by atoms with E-state index in [1.54, 1.807) is 0 Å². The van der Waals surface area contributed by atoms with Gasteiger partial charge in [-0.15, -0.1) is 0 Å². The first-order chi connectivity index (χ1) is 6.72. The summed E-state index contributed by atoms with van der Waals surface area (Å²) < 4.78 is 0. The molecule has 0 heterocycles.